The van der Waals surface area contributed by atoms with Crippen LogP contribution in [0.4, 0.5) is 10.5 Å². The van der Waals surface area contributed by atoms with E-state index in [0.29, 0.717) is 13.1 Å². The van der Waals surface area contributed by atoms with Gasteiger partial charge in [-0.15, -0.1) is 0 Å². The van der Waals surface area contributed by atoms with E-state index >= 15 is 0 Å². The number of carbonyl (C=O) groups excluding carboxylic acids is 1. The minimum atomic E-state index is -0.129. The Balaban J connectivity index is 1.72. The lowest BCUT2D eigenvalue weighted by atomic mass is 10.1. The van der Waals surface area contributed by atoms with Gasteiger partial charge in [-0.25, -0.2) is 4.79 Å². The maximum atomic E-state index is 12.8. The van der Waals surface area contributed by atoms with Crippen LogP contribution in [-0.4, -0.2) is 30.2 Å². The number of hydrogen-bond donors (Lipinski definition) is 1. The Bertz CT molecular complexity index is 676. The highest BCUT2D eigenvalue weighted by Gasteiger charge is 2.24. The van der Waals surface area contributed by atoms with Crippen molar-refractivity contribution in [2.24, 2.45) is 0 Å². The summed E-state index contributed by atoms with van der Waals surface area (Å²) in [6.45, 7) is 5.83. The summed E-state index contributed by atoms with van der Waals surface area (Å²) < 4.78 is 11.1. The maximum absolute atomic E-state index is 12.8. The SMILES string of the molecule is Cc1cccc(NC(=O)N(Cc2ccco2)CC2CCCO2)c1C. The number of anilines is 1. The first-order chi connectivity index (χ1) is 11.6. The van der Waals surface area contributed by atoms with Gasteiger partial charge in [0.15, 0.2) is 0 Å². The molecular weight excluding hydrogens is 304 g/mol. The van der Waals surface area contributed by atoms with E-state index in [4.69, 9.17) is 9.15 Å². The number of ether oxygens (including phenoxy) is 1. The first kappa shape index (κ1) is 16.6. The largest absolute Gasteiger partial charge is 0.467 e. The summed E-state index contributed by atoms with van der Waals surface area (Å²) in [5.74, 6) is 0.768. The van der Waals surface area contributed by atoms with Gasteiger partial charge < -0.3 is 19.4 Å². The van der Waals surface area contributed by atoms with Gasteiger partial charge in [-0.1, -0.05) is 12.1 Å². The Morgan fingerprint density at radius 2 is 2.17 bits per heavy atom. The van der Waals surface area contributed by atoms with E-state index in [1.165, 1.54) is 0 Å². The summed E-state index contributed by atoms with van der Waals surface area (Å²) in [6, 6.07) is 9.51. The Morgan fingerprint density at radius 3 is 2.88 bits per heavy atom. The zero-order valence-electron chi connectivity index (χ0n) is 14.2. The molecule has 0 spiro atoms. The van der Waals surface area contributed by atoms with Crippen LogP contribution in [0.25, 0.3) is 0 Å². The van der Waals surface area contributed by atoms with Crippen molar-refractivity contribution in [3.63, 3.8) is 0 Å². The van der Waals surface area contributed by atoms with Crippen LogP contribution in [0.5, 0.6) is 0 Å². The van der Waals surface area contributed by atoms with Crippen molar-refractivity contribution in [3.05, 3.63) is 53.5 Å². The van der Waals surface area contributed by atoms with Crippen molar-refractivity contribution in [1.29, 1.82) is 0 Å². The van der Waals surface area contributed by atoms with Gasteiger partial charge in [0.2, 0.25) is 0 Å². The third-order valence-electron chi connectivity index (χ3n) is 4.51. The van der Waals surface area contributed by atoms with Gasteiger partial charge in [-0.2, -0.15) is 0 Å². The topological polar surface area (TPSA) is 54.7 Å². The number of hydrogen-bond acceptors (Lipinski definition) is 3. The summed E-state index contributed by atoms with van der Waals surface area (Å²) >= 11 is 0. The Hall–Kier alpha value is -2.27. The van der Waals surface area contributed by atoms with E-state index in [2.05, 4.69) is 5.32 Å². The number of benzene rings is 1. The highest BCUT2D eigenvalue weighted by Crippen LogP contribution is 2.20. The molecule has 1 saturated heterocycles. The molecule has 24 heavy (non-hydrogen) atoms. The molecule has 0 bridgehead atoms. The number of carbonyl (C=O) groups is 1. The summed E-state index contributed by atoms with van der Waals surface area (Å²) in [6.07, 6.45) is 3.77. The molecule has 5 nitrogen and oxygen atoms in total. The molecule has 1 unspecified atom stereocenters. The minimum absolute atomic E-state index is 0.101. The van der Waals surface area contributed by atoms with E-state index < -0.39 is 0 Å². The maximum Gasteiger partial charge on any atom is 0.322 e. The summed E-state index contributed by atoms with van der Waals surface area (Å²) in [4.78, 5) is 14.6. The van der Waals surface area contributed by atoms with E-state index in [0.717, 1.165) is 42.0 Å². The van der Waals surface area contributed by atoms with Crippen molar-refractivity contribution in [3.8, 4) is 0 Å². The van der Waals surface area contributed by atoms with E-state index in [9.17, 15) is 4.79 Å². The van der Waals surface area contributed by atoms with Crippen LogP contribution in [-0.2, 0) is 11.3 Å². The average Bonchev–Trinajstić information content (AvgIpc) is 3.25. The molecule has 3 rings (SSSR count). The molecule has 1 atom stereocenters. The van der Waals surface area contributed by atoms with Gasteiger partial charge in [-0.3, -0.25) is 0 Å². The van der Waals surface area contributed by atoms with E-state index in [-0.39, 0.29) is 12.1 Å². The molecule has 0 saturated carbocycles. The fourth-order valence-corrected chi connectivity index (χ4v) is 2.92. The van der Waals surface area contributed by atoms with Crippen LogP contribution in [0, 0.1) is 13.8 Å². The highest BCUT2D eigenvalue weighted by atomic mass is 16.5. The van der Waals surface area contributed by atoms with Crippen molar-refractivity contribution in [2.75, 3.05) is 18.5 Å². The molecule has 1 aromatic carbocycles. The van der Waals surface area contributed by atoms with Gasteiger partial charge in [-0.05, 0) is 56.0 Å². The number of furan rings is 1. The van der Waals surface area contributed by atoms with Gasteiger partial charge in [0.1, 0.15) is 5.76 Å². The zero-order valence-corrected chi connectivity index (χ0v) is 14.2. The van der Waals surface area contributed by atoms with Gasteiger partial charge in [0.05, 0.1) is 18.9 Å². The summed E-state index contributed by atoms with van der Waals surface area (Å²) in [5, 5.41) is 3.03. The molecule has 1 aliphatic rings. The summed E-state index contributed by atoms with van der Waals surface area (Å²) in [5.41, 5.74) is 3.09. The molecule has 1 fully saturated rings. The third-order valence-corrected chi connectivity index (χ3v) is 4.51. The Kier molecular flexibility index (Phi) is 5.20. The first-order valence-electron chi connectivity index (χ1n) is 8.39. The number of aryl methyl sites for hydroxylation is 1. The molecule has 2 amide bonds. The van der Waals surface area contributed by atoms with Gasteiger partial charge >= 0.3 is 6.03 Å². The van der Waals surface area contributed by atoms with Crippen LogP contribution >= 0.6 is 0 Å². The van der Waals surface area contributed by atoms with Gasteiger partial charge in [0, 0.05) is 18.8 Å². The monoisotopic (exact) mass is 328 g/mol. The molecule has 5 heteroatoms. The molecule has 2 aromatic rings. The predicted molar refractivity (Wildman–Crippen MR) is 93.0 cm³/mol. The molecule has 2 heterocycles. The lowest BCUT2D eigenvalue weighted by molar-refractivity contribution is 0.0803. The van der Waals surface area contributed by atoms with Crippen LogP contribution < -0.4 is 5.32 Å². The molecule has 128 valence electrons. The first-order valence-corrected chi connectivity index (χ1v) is 8.39. The van der Waals surface area contributed by atoms with Crippen molar-refractivity contribution < 1.29 is 13.9 Å². The molecule has 0 radical (unpaired) electrons. The van der Waals surface area contributed by atoms with E-state index in [1.54, 1.807) is 11.2 Å². The standard InChI is InChI=1S/C19H24N2O3/c1-14-6-3-9-18(15(14)2)20-19(22)21(12-16-7-4-10-23-16)13-17-8-5-11-24-17/h3-4,6-7,9-10,17H,5,8,11-13H2,1-2H3,(H,20,22). The Morgan fingerprint density at radius 1 is 1.29 bits per heavy atom. The second-order valence-corrected chi connectivity index (χ2v) is 6.27. The second-order valence-electron chi connectivity index (χ2n) is 6.27. The second kappa shape index (κ2) is 7.53. The highest BCUT2D eigenvalue weighted by molar-refractivity contribution is 5.90. The average molecular weight is 328 g/mol. The summed E-state index contributed by atoms with van der Waals surface area (Å²) in [7, 11) is 0. The van der Waals surface area contributed by atoms with Crippen molar-refractivity contribution >= 4 is 11.7 Å². The van der Waals surface area contributed by atoms with Crippen LogP contribution in [0.15, 0.2) is 41.0 Å². The zero-order chi connectivity index (χ0) is 16.9. The minimum Gasteiger partial charge on any atom is -0.467 e. The third kappa shape index (κ3) is 3.97. The number of urea groups is 1. The number of nitrogens with one attached hydrogen (secondary N) is 1. The molecule has 0 aliphatic carbocycles. The Labute approximate surface area is 142 Å². The smallest absolute Gasteiger partial charge is 0.322 e. The number of nitrogens with zero attached hydrogens (tertiary/aromatic N) is 1. The number of amides is 2. The normalized spacial score (nSPS) is 17.0. The lowest BCUT2D eigenvalue weighted by Crippen LogP contribution is -2.39. The molecule has 1 aliphatic heterocycles. The van der Waals surface area contributed by atoms with Crippen LogP contribution in [0.2, 0.25) is 0 Å². The van der Waals surface area contributed by atoms with Crippen LogP contribution in [0.3, 0.4) is 0 Å². The molecule has 1 N–H and O–H groups in total. The number of rotatable bonds is 5. The van der Waals surface area contributed by atoms with E-state index in [1.807, 2.05) is 44.2 Å². The molecule has 1 aromatic heterocycles. The quantitative estimate of drug-likeness (QED) is 0.898. The molecular formula is C19H24N2O3. The van der Waals surface area contributed by atoms with Crippen LogP contribution in [0.1, 0.15) is 29.7 Å². The van der Waals surface area contributed by atoms with Gasteiger partial charge in [0.25, 0.3) is 0 Å². The predicted octanol–water partition coefficient (Wildman–Crippen LogP) is 4.11. The fourth-order valence-electron chi connectivity index (χ4n) is 2.92. The van der Waals surface area contributed by atoms with Crippen molar-refractivity contribution in [2.45, 2.75) is 39.3 Å². The van der Waals surface area contributed by atoms with Crippen molar-refractivity contribution in [1.82, 2.24) is 4.90 Å². The lowest BCUT2D eigenvalue weighted by Gasteiger charge is -2.25. The fraction of sp³-hybridized carbons (Fsp3) is 0.421.